The summed E-state index contributed by atoms with van der Waals surface area (Å²) >= 11 is 0. The van der Waals surface area contributed by atoms with Crippen LogP contribution in [0, 0.1) is 5.92 Å². The Morgan fingerprint density at radius 2 is 2.00 bits per heavy atom. The number of aliphatic hydroxyl groups excluding tert-OH is 1. The number of amides is 3. The Hall–Kier alpha value is -2.53. The summed E-state index contributed by atoms with van der Waals surface area (Å²) in [7, 11) is -1.81. The number of sulfonamides is 1. The molecule has 33 heavy (non-hydrogen) atoms. The van der Waals surface area contributed by atoms with Gasteiger partial charge in [-0.25, -0.2) is 13.2 Å². The van der Waals surface area contributed by atoms with Crippen LogP contribution in [-0.4, -0.2) is 86.4 Å². The lowest BCUT2D eigenvalue weighted by Gasteiger charge is -2.34. The van der Waals surface area contributed by atoms with E-state index in [1.54, 1.807) is 42.0 Å². The number of rotatable bonds is 7. The Kier molecular flexibility index (Phi) is 8.96. The molecule has 1 aliphatic rings. The summed E-state index contributed by atoms with van der Waals surface area (Å²) in [6.07, 6.45) is 0.596. The van der Waals surface area contributed by atoms with Gasteiger partial charge < -0.3 is 25.0 Å². The van der Waals surface area contributed by atoms with Crippen LogP contribution in [0.15, 0.2) is 18.2 Å². The van der Waals surface area contributed by atoms with E-state index in [-0.39, 0.29) is 43.5 Å². The number of anilines is 1. The minimum absolute atomic E-state index is 0.0118. The molecule has 0 saturated carbocycles. The lowest BCUT2D eigenvalue weighted by Crippen LogP contribution is -2.49. The number of nitrogens with one attached hydrogen (secondary N) is 2. The minimum atomic E-state index is -3.49. The van der Waals surface area contributed by atoms with Crippen molar-refractivity contribution in [3.05, 3.63) is 23.8 Å². The van der Waals surface area contributed by atoms with Crippen LogP contribution in [0.1, 0.15) is 33.3 Å². The van der Waals surface area contributed by atoms with Crippen molar-refractivity contribution in [2.24, 2.45) is 5.92 Å². The van der Waals surface area contributed by atoms with Crippen molar-refractivity contribution in [2.75, 3.05) is 37.7 Å². The Labute approximate surface area is 196 Å². The fraction of sp³-hybridized carbons (Fsp3) is 0.636. The van der Waals surface area contributed by atoms with E-state index < -0.39 is 22.2 Å². The standard InChI is InChI=1S/C22H36N4O6S/c1-14(2)23-22(29)25(5)12-20-15(3)11-26(16(4)13-27)21(28)10-17-9-18(24-33(6,30)31)7-8-19(17)32-20/h7-9,14-16,20,24,27H,10-13H2,1-6H3,(H,23,29)/t15-,16+,20+/m1/s1. The number of fused-ring (bicyclic) bond motifs is 1. The van der Waals surface area contributed by atoms with Crippen LogP contribution in [0.2, 0.25) is 0 Å². The number of likely N-dealkylation sites (N-methyl/N-ethyl adjacent to an activating group) is 1. The first kappa shape index (κ1) is 26.7. The van der Waals surface area contributed by atoms with E-state index in [0.717, 1.165) is 6.26 Å². The molecule has 0 bridgehead atoms. The highest BCUT2D eigenvalue weighted by molar-refractivity contribution is 7.92. The highest BCUT2D eigenvalue weighted by atomic mass is 32.2. The molecule has 0 radical (unpaired) electrons. The van der Waals surface area contributed by atoms with Gasteiger partial charge in [-0.1, -0.05) is 6.92 Å². The lowest BCUT2D eigenvalue weighted by atomic mass is 10.0. The second-order valence-corrected chi connectivity index (χ2v) is 10.8. The predicted molar refractivity (Wildman–Crippen MR) is 127 cm³/mol. The Bertz CT molecular complexity index is 952. The van der Waals surface area contributed by atoms with Crippen LogP contribution in [0.5, 0.6) is 5.75 Å². The summed E-state index contributed by atoms with van der Waals surface area (Å²) in [4.78, 5) is 28.7. The van der Waals surface area contributed by atoms with Gasteiger partial charge in [-0.15, -0.1) is 0 Å². The van der Waals surface area contributed by atoms with Gasteiger partial charge in [0.05, 0.1) is 31.9 Å². The van der Waals surface area contributed by atoms with Gasteiger partial charge in [0.15, 0.2) is 0 Å². The van der Waals surface area contributed by atoms with Crippen molar-refractivity contribution in [1.29, 1.82) is 0 Å². The monoisotopic (exact) mass is 484 g/mol. The van der Waals surface area contributed by atoms with Gasteiger partial charge in [0.2, 0.25) is 15.9 Å². The number of aliphatic hydroxyl groups is 1. The molecule has 1 heterocycles. The number of carbonyl (C=O) groups is 2. The number of urea groups is 1. The van der Waals surface area contributed by atoms with E-state index in [4.69, 9.17) is 4.74 Å². The number of hydrogen-bond acceptors (Lipinski definition) is 6. The van der Waals surface area contributed by atoms with Gasteiger partial charge in [0.1, 0.15) is 11.9 Å². The number of benzene rings is 1. The van der Waals surface area contributed by atoms with Gasteiger partial charge in [0.25, 0.3) is 0 Å². The molecule has 10 nitrogen and oxygen atoms in total. The fourth-order valence-corrected chi connectivity index (χ4v) is 4.19. The molecule has 0 fully saturated rings. The zero-order chi connectivity index (χ0) is 24.9. The summed E-state index contributed by atoms with van der Waals surface area (Å²) in [5.41, 5.74) is 0.851. The Balaban J connectivity index is 2.43. The zero-order valence-electron chi connectivity index (χ0n) is 20.2. The maximum absolute atomic E-state index is 13.1. The van der Waals surface area contributed by atoms with Crippen LogP contribution >= 0.6 is 0 Å². The molecule has 2 rings (SSSR count). The van der Waals surface area contributed by atoms with Crippen LogP contribution < -0.4 is 14.8 Å². The van der Waals surface area contributed by atoms with E-state index in [1.165, 1.54) is 0 Å². The van der Waals surface area contributed by atoms with Gasteiger partial charge in [0, 0.05) is 36.8 Å². The zero-order valence-corrected chi connectivity index (χ0v) is 21.0. The first-order chi connectivity index (χ1) is 15.3. The van der Waals surface area contributed by atoms with Gasteiger partial charge in [-0.05, 0) is 39.0 Å². The molecule has 0 saturated heterocycles. The van der Waals surface area contributed by atoms with Crippen LogP contribution in [-0.2, 0) is 21.2 Å². The third kappa shape index (κ3) is 7.78. The summed E-state index contributed by atoms with van der Waals surface area (Å²) in [5, 5.41) is 12.5. The third-order valence-electron chi connectivity index (χ3n) is 5.43. The molecule has 0 unspecified atom stereocenters. The molecule has 11 heteroatoms. The van der Waals surface area contributed by atoms with E-state index >= 15 is 0 Å². The summed E-state index contributed by atoms with van der Waals surface area (Å²) in [5.74, 6) is 0.101. The first-order valence-corrected chi connectivity index (χ1v) is 12.9. The quantitative estimate of drug-likeness (QED) is 0.535. The second-order valence-electron chi connectivity index (χ2n) is 9.07. The first-order valence-electron chi connectivity index (χ1n) is 11.0. The smallest absolute Gasteiger partial charge is 0.317 e. The van der Waals surface area contributed by atoms with Crippen molar-refractivity contribution in [3.8, 4) is 5.75 Å². The van der Waals surface area contributed by atoms with Crippen molar-refractivity contribution >= 4 is 27.6 Å². The van der Waals surface area contributed by atoms with Crippen molar-refractivity contribution in [2.45, 2.75) is 52.3 Å². The number of ether oxygens (including phenoxy) is 1. The topological polar surface area (TPSA) is 128 Å². The lowest BCUT2D eigenvalue weighted by molar-refractivity contribution is -0.134. The molecule has 0 aromatic heterocycles. The van der Waals surface area contributed by atoms with Crippen molar-refractivity contribution in [3.63, 3.8) is 0 Å². The maximum Gasteiger partial charge on any atom is 0.317 e. The van der Waals surface area contributed by atoms with E-state index in [0.29, 0.717) is 23.5 Å². The number of hydrogen-bond donors (Lipinski definition) is 3. The average Bonchev–Trinajstić information content (AvgIpc) is 2.74. The Morgan fingerprint density at radius 3 is 2.58 bits per heavy atom. The van der Waals surface area contributed by atoms with Crippen LogP contribution in [0.3, 0.4) is 0 Å². The van der Waals surface area contributed by atoms with Crippen molar-refractivity contribution in [1.82, 2.24) is 15.1 Å². The molecule has 1 aromatic carbocycles. The largest absolute Gasteiger partial charge is 0.488 e. The molecular weight excluding hydrogens is 448 g/mol. The van der Waals surface area contributed by atoms with Gasteiger partial charge in [-0.3, -0.25) is 9.52 Å². The minimum Gasteiger partial charge on any atom is -0.488 e. The highest BCUT2D eigenvalue weighted by Gasteiger charge is 2.32. The average molecular weight is 485 g/mol. The summed E-state index contributed by atoms with van der Waals surface area (Å²) in [6, 6.07) is 4.14. The molecule has 186 valence electrons. The van der Waals surface area contributed by atoms with E-state index in [2.05, 4.69) is 10.0 Å². The highest BCUT2D eigenvalue weighted by Crippen LogP contribution is 2.29. The molecule has 1 aliphatic heterocycles. The second kappa shape index (κ2) is 11.1. The molecular formula is C22H36N4O6S. The Morgan fingerprint density at radius 1 is 1.33 bits per heavy atom. The van der Waals surface area contributed by atoms with Gasteiger partial charge in [-0.2, -0.15) is 0 Å². The van der Waals surface area contributed by atoms with E-state index in [1.807, 2.05) is 20.8 Å². The number of carbonyl (C=O) groups excluding carboxylic acids is 2. The molecule has 0 spiro atoms. The molecule has 0 aliphatic carbocycles. The van der Waals surface area contributed by atoms with Crippen LogP contribution in [0.25, 0.3) is 0 Å². The van der Waals surface area contributed by atoms with E-state index in [9.17, 15) is 23.1 Å². The van der Waals surface area contributed by atoms with Crippen LogP contribution in [0.4, 0.5) is 10.5 Å². The summed E-state index contributed by atoms with van der Waals surface area (Å²) in [6.45, 7) is 7.89. The molecule has 3 N–H and O–H groups in total. The van der Waals surface area contributed by atoms with Gasteiger partial charge >= 0.3 is 6.03 Å². The molecule has 3 atom stereocenters. The normalized spacial score (nSPS) is 20.1. The fourth-order valence-electron chi connectivity index (χ4n) is 3.63. The predicted octanol–water partition coefficient (Wildman–Crippen LogP) is 1.26. The number of nitrogens with zero attached hydrogens (tertiary/aromatic N) is 2. The molecule has 1 aromatic rings. The molecule has 3 amide bonds. The summed E-state index contributed by atoms with van der Waals surface area (Å²) < 4.78 is 32.0. The maximum atomic E-state index is 13.1. The SMILES string of the molecule is CC(C)NC(=O)N(C)C[C@@H]1Oc2ccc(NS(C)(=O)=O)cc2CC(=O)N([C@@H](C)CO)C[C@H]1C. The third-order valence-corrected chi connectivity index (χ3v) is 6.04. The van der Waals surface area contributed by atoms with Crippen molar-refractivity contribution < 1.29 is 27.9 Å².